The molecule has 1 aliphatic rings. The molecular formula is C8H13N3O3S. The van der Waals surface area contributed by atoms with Crippen molar-refractivity contribution >= 4 is 9.84 Å². The quantitative estimate of drug-likeness (QED) is 0.753. The summed E-state index contributed by atoms with van der Waals surface area (Å²) in [6, 6.07) is 0. The van der Waals surface area contributed by atoms with Crippen molar-refractivity contribution < 1.29 is 12.9 Å². The molecule has 2 N–H and O–H groups in total. The second-order valence-electron chi connectivity index (χ2n) is 3.78. The number of nitrogens with two attached hydrogens (primary N) is 1. The molecule has 1 saturated heterocycles. The normalized spacial score (nSPS) is 24.5. The molecule has 2 rings (SSSR count). The second-order valence-corrected chi connectivity index (χ2v) is 6.01. The van der Waals surface area contributed by atoms with Crippen molar-refractivity contribution in [3.8, 4) is 0 Å². The first kappa shape index (κ1) is 10.6. The van der Waals surface area contributed by atoms with Gasteiger partial charge >= 0.3 is 0 Å². The van der Waals surface area contributed by atoms with Gasteiger partial charge in [-0.05, 0) is 12.3 Å². The summed E-state index contributed by atoms with van der Waals surface area (Å²) in [4.78, 5) is 4.04. The van der Waals surface area contributed by atoms with Crippen molar-refractivity contribution in [2.75, 3.05) is 11.5 Å². The van der Waals surface area contributed by atoms with Gasteiger partial charge in [0.15, 0.2) is 15.7 Å². The predicted molar refractivity (Wildman–Crippen MR) is 52.7 cm³/mol. The highest BCUT2D eigenvalue weighted by atomic mass is 32.2. The van der Waals surface area contributed by atoms with Crippen molar-refractivity contribution in [2.45, 2.75) is 19.4 Å². The molecule has 7 heteroatoms. The van der Waals surface area contributed by atoms with E-state index in [4.69, 9.17) is 10.3 Å². The van der Waals surface area contributed by atoms with Crippen LogP contribution in [0.3, 0.4) is 0 Å². The van der Waals surface area contributed by atoms with E-state index in [0.717, 1.165) is 0 Å². The van der Waals surface area contributed by atoms with Gasteiger partial charge in [-0.3, -0.25) is 0 Å². The minimum absolute atomic E-state index is 0.123. The Morgan fingerprint density at radius 1 is 1.53 bits per heavy atom. The predicted octanol–water partition coefficient (Wildman–Crippen LogP) is -0.495. The minimum Gasteiger partial charge on any atom is -0.338 e. The summed E-state index contributed by atoms with van der Waals surface area (Å²) in [5, 5.41) is 3.74. The highest BCUT2D eigenvalue weighted by Gasteiger charge is 2.28. The molecule has 0 aromatic carbocycles. The largest absolute Gasteiger partial charge is 0.338 e. The van der Waals surface area contributed by atoms with Gasteiger partial charge in [-0.15, -0.1) is 0 Å². The molecule has 2 heterocycles. The molecule has 84 valence electrons. The molecule has 0 aliphatic carbocycles. The number of nitrogens with zero attached hydrogens (tertiary/aromatic N) is 2. The van der Waals surface area contributed by atoms with Gasteiger partial charge in [-0.1, -0.05) is 5.16 Å². The SMILES string of the molecule is NCc1nc(CC2CCS(=O)(=O)C2)no1. The van der Waals surface area contributed by atoms with Crippen molar-refractivity contribution in [3.63, 3.8) is 0 Å². The zero-order chi connectivity index (χ0) is 10.9. The maximum atomic E-state index is 11.2. The molecule has 15 heavy (non-hydrogen) atoms. The van der Waals surface area contributed by atoms with Crippen molar-refractivity contribution in [3.05, 3.63) is 11.7 Å². The molecular weight excluding hydrogens is 218 g/mol. The van der Waals surface area contributed by atoms with Crippen LogP contribution in [0.2, 0.25) is 0 Å². The third-order valence-corrected chi connectivity index (χ3v) is 4.32. The van der Waals surface area contributed by atoms with E-state index in [9.17, 15) is 8.42 Å². The van der Waals surface area contributed by atoms with Gasteiger partial charge in [0.2, 0.25) is 5.89 Å². The third-order valence-electron chi connectivity index (χ3n) is 2.48. The Hall–Kier alpha value is -0.950. The molecule has 1 unspecified atom stereocenters. The molecule has 1 aliphatic heterocycles. The average molecular weight is 231 g/mol. The van der Waals surface area contributed by atoms with Crippen LogP contribution in [0.4, 0.5) is 0 Å². The third kappa shape index (κ3) is 2.54. The summed E-state index contributed by atoms with van der Waals surface area (Å²) in [5.74, 6) is 1.58. The van der Waals surface area contributed by atoms with Gasteiger partial charge < -0.3 is 10.3 Å². The van der Waals surface area contributed by atoms with Gasteiger partial charge in [0.05, 0.1) is 18.1 Å². The molecule has 6 nitrogen and oxygen atoms in total. The summed E-state index contributed by atoms with van der Waals surface area (Å²) in [6.07, 6.45) is 1.25. The van der Waals surface area contributed by atoms with Crippen LogP contribution in [0.5, 0.6) is 0 Å². The van der Waals surface area contributed by atoms with E-state index in [-0.39, 0.29) is 24.0 Å². The van der Waals surface area contributed by atoms with Crippen molar-refractivity contribution in [1.82, 2.24) is 10.1 Å². The zero-order valence-corrected chi connectivity index (χ0v) is 9.03. The van der Waals surface area contributed by atoms with Crippen LogP contribution >= 0.6 is 0 Å². The molecule has 1 aromatic heterocycles. The zero-order valence-electron chi connectivity index (χ0n) is 8.22. The fourth-order valence-corrected chi connectivity index (χ4v) is 3.61. The summed E-state index contributed by atoms with van der Waals surface area (Å²) in [7, 11) is -2.83. The van der Waals surface area contributed by atoms with Crippen LogP contribution in [0.25, 0.3) is 0 Å². The van der Waals surface area contributed by atoms with Crippen LogP contribution in [-0.2, 0) is 22.8 Å². The van der Waals surface area contributed by atoms with Gasteiger partial charge in [0.1, 0.15) is 0 Å². The Kier molecular flexibility index (Phi) is 2.74. The fourth-order valence-electron chi connectivity index (χ4n) is 1.75. The number of rotatable bonds is 3. The first-order chi connectivity index (χ1) is 7.09. The Morgan fingerprint density at radius 2 is 2.33 bits per heavy atom. The molecule has 0 amide bonds. The summed E-state index contributed by atoms with van der Waals surface area (Å²) >= 11 is 0. The molecule has 1 atom stereocenters. The van der Waals surface area contributed by atoms with E-state index in [0.29, 0.717) is 24.6 Å². The number of hydrogen-bond acceptors (Lipinski definition) is 6. The van der Waals surface area contributed by atoms with Crippen molar-refractivity contribution in [2.24, 2.45) is 11.7 Å². The highest BCUT2D eigenvalue weighted by Crippen LogP contribution is 2.21. The Bertz CT molecular complexity index is 440. The minimum atomic E-state index is -2.83. The van der Waals surface area contributed by atoms with Gasteiger partial charge in [-0.2, -0.15) is 4.98 Å². The molecule has 0 radical (unpaired) electrons. The first-order valence-electron chi connectivity index (χ1n) is 4.81. The average Bonchev–Trinajstić information content (AvgIpc) is 2.73. The standard InChI is InChI=1S/C8H13N3O3S/c9-4-8-10-7(11-14-8)3-6-1-2-15(12,13)5-6/h6H,1-5,9H2. The summed E-state index contributed by atoms with van der Waals surface area (Å²) < 4.78 is 27.3. The maximum Gasteiger partial charge on any atom is 0.240 e. The topological polar surface area (TPSA) is 99.1 Å². The van der Waals surface area contributed by atoms with E-state index in [1.54, 1.807) is 0 Å². The van der Waals surface area contributed by atoms with Crippen LogP contribution in [0.15, 0.2) is 4.52 Å². The van der Waals surface area contributed by atoms with Gasteiger partial charge in [0.25, 0.3) is 0 Å². The molecule has 1 fully saturated rings. The van der Waals surface area contributed by atoms with Crippen LogP contribution in [-0.4, -0.2) is 30.1 Å². The monoisotopic (exact) mass is 231 g/mol. The van der Waals surface area contributed by atoms with Crippen molar-refractivity contribution in [1.29, 1.82) is 0 Å². The van der Waals surface area contributed by atoms with E-state index < -0.39 is 9.84 Å². The maximum absolute atomic E-state index is 11.2. The first-order valence-corrected chi connectivity index (χ1v) is 6.63. The molecule has 0 spiro atoms. The number of sulfone groups is 1. The smallest absolute Gasteiger partial charge is 0.240 e. The summed E-state index contributed by atoms with van der Waals surface area (Å²) in [5.41, 5.74) is 5.32. The van der Waals surface area contributed by atoms with Crippen LogP contribution in [0, 0.1) is 5.92 Å². The Labute approximate surface area is 87.8 Å². The lowest BCUT2D eigenvalue weighted by Gasteiger charge is -2.01. The second kappa shape index (κ2) is 3.90. The lowest BCUT2D eigenvalue weighted by Crippen LogP contribution is -2.08. The van der Waals surface area contributed by atoms with E-state index in [1.165, 1.54) is 0 Å². The lowest BCUT2D eigenvalue weighted by atomic mass is 10.1. The van der Waals surface area contributed by atoms with E-state index >= 15 is 0 Å². The highest BCUT2D eigenvalue weighted by molar-refractivity contribution is 7.91. The molecule has 0 bridgehead atoms. The number of aromatic nitrogens is 2. The Morgan fingerprint density at radius 3 is 2.87 bits per heavy atom. The summed E-state index contributed by atoms with van der Waals surface area (Å²) in [6.45, 7) is 0.218. The van der Waals surface area contributed by atoms with Crippen LogP contribution < -0.4 is 5.73 Å². The van der Waals surface area contributed by atoms with Crippen LogP contribution in [0.1, 0.15) is 18.1 Å². The number of hydrogen-bond donors (Lipinski definition) is 1. The van der Waals surface area contributed by atoms with E-state index in [2.05, 4.69) is 10.1 Å². The lowest BCUT2D eigenvalue weighted by molar-refractivity contribution is 0.371. The molecule has 1 aromatic rings. The Balaban J connectivity index is 1.98. The van der Waals surface area contributed by atoms with E-state index in [1.807, 2.05) is 0 Å². The molecule has 0 saturated carbocycles. The van der Waals surface area contributed by atoms with Gasteiger partial charge in [-0.25, -0.2) is 8.42 Å². The fraction of sp³-hybridized carbons (Fsp3) is 0.750. The van der Waals surface area contributed by atoms with Gasteiger partial charge in [0, 0.05) is 6.42 Å².